The molecule has 0 saturated carbocycles. The summed E-state index contributed by atoms with van der Waals surface area (Å²) in [5, 5.41) is 3.04. The van der Waals surface area contributed by atoms with Crippen LogP contribution in [0.25, 0.3) is 0 Å². The summed E-state index contributed by atoms with van der Waals surface area (Å²) in [6, 6.07) is 3.83. The SMILES string of the molecule is CC(C)CN=C(N)NCCc1ccco1. The van der Waals surface area contributed by atoms with Gasteiger partial charge in [-0.1, -0.05) is 13.8 Å². The first kappa shape index (κ1) is 11.6. The van der Waals surface area contributed by atoms with E-state index < -0.39 is 0 Å². The molecule has 0 spiro atoms. The zero-order valence-corrected chi connectivity index (χ0v) is 9.36. The Balaban J connectivity index is 2.17. The maximum absolute atomic E-state index is 5.67. The molecule has 1 heterocycles. The average molecular weight is 209 g/mol. The molecule has 4 heteroatoms. The highest BCUT2D eigenvalue weighted by Crippen LogP contribution is 1.99. The maximum atomic E-state index is 5.67. The molecule has 0 radical (unpaired) electrons. The Kier molecular flexibility index (Phi) is 4.74. The van der Waals surface area contributed by atoms with E-state index in [4.69, 9.17) is 10.2 Å². The summed E-state index contributed by atoms with van der Waals surface area (Å²) in [6.45, 7) is 5.74. The minimum Gasteiger partial charge on any atom is -0.469 e. The van der Waals surface area contributed by atoms with Crippen LogP contribution >= 0.6 is 0 Å². The molecule has 0 amide bonds. The number of nitrogens with two attached hydrogens (primary N) is 1. The molecular weight excluding hydrogens is 190 g/mol. The quantitative estimate of drug-likeness (QED) is 0.569. The van der Waals surface area contributed by atoms with E-state index in [1.54, 1.807) is 6.26 Å². The summed E-state index contributed by atoms with van der Waals surface area (Å²) in [5.74, 6) is 2.00. The van der Waals surface area contributed by atoms with Crippen LogP contribution in [0.5, 0.6) is 0 Å². The van der Waals surface area contributed by atoms with Gasteiger partial charge in [0.1, 0.15) is 5.76 Å². The number of rotatable bonds is 5. The number of nitrogens with one attached hydrogen (secondary N) is 1. The number of guanidine groups is 1. The molecule has 0 bridgehead atoms. The van der Waals surface area contributed by atoms with E-state index in [0.717, 1.165) is 25.3 Å². The predicted octanol–water partition coefficient (Wildman–Crippen LogP) is 1.38. The second kappa shape index (κ2) is 6.11. The smallest absolute Gasteiger partial charge is 0.188 e. The lowest BCUT2D eigenvalue weighted by atomic mass is 10.2. The van der Waals surface area contributed by atoms with Gasteiger partial charge in [-0.15, -0.1) is 0 Å². The van der Waals surface area contributed by atoms with Crippen molar-refractivity contribution in [1.29, 1.82) is 0 Å². The average Bonchev–Trinajstić information content (AvgIpc) is 2.67. The lowest BCUT2D eigenvalue weighted by molar-refractivity contribution is 0.507. The molecule has 0 fully saturated rings. The Morgan fingerprint density at radius 1 is 1.60 bits per heavy atom. The third-order valence-corrected chi connectivity index (χ3v) is 1.88. The van der Waals surface area contributed by atoms with Crippen LogP contribution in [0.15, 0.2) is 27.8 Å². The first-order valence-electron chi connectivity index (χ1n) is 5.24. The lowest BCUT2D eigenvalue weighted by Gasteiger charge is -2.05. The van der Waals surface area contributed by atoms with Crippen LogP contribution in [-0.4, -0.2) is 19.0 Å². The van der Waals surface area contributed by atoms with Crippen LogP contribution in [0.1, 0.15) is 19.6 Å². The summed E-state index contributed by atoms with van der Waals surface area (Å²) in [5.41, 5.74) is 5.67. The van der Waals surface area contributed by atoms with E-state index >= 15 is 0 Å². The molecule has 0 unspecified atom stereocenters. The number of hydrogen-bond donors (Lipinski definition) is 2. The van der Waals surface area contributed by atoms with Crippen molar-refractivity contribution in [1.82, 2.24) is 5.32 Å². The fraction of sp³-hybridized carbons (Fsp3) is 0.545. The highest BCUT2D eigenvalue weighted by atomic mass is 16.3. The van der Waals surface area contributed by atoms with Crippen LogP contribution in [0.3, 0.4) is 0 Å². The third kappa shape index (κ3) is 5.10. The van der Waals surface area contributed by atoms with Crippen LogP contribution in [0, 0.1) is 5.92 Å². The van der Waals surface area contributed by atoms with Gasteiger partial charge in [0, 0.05) is 19.5 Å². The normalized spacial score (nSPS) is 12.1. The number of hydrogen-bond acceptors (Lipinski definition) is 2. The van der Waals surface area contributed by atoms with Gasteiger partial charge in [0.2, 0.25) is 0 Å². The van der Waals surface area contributed by atoms with Gasteiger partial charge in [-0.25, -0.2) is 0 Å². The van der Waals surface area contributed by atoms with Gasteiger partial charge in [-0.3, -0.25) is 4.99 Å². The molecule has 0 aromatic carbocycles. The van der Waals surface area contributed by atoms with Gasteiger partial charge in [0.05, 0.1) is 6.26 Å². The zero-order chi connectivity index (χ0) is 11.1. The Labute approximate surface area is 90.6 Å². The standard InChI is InChI=1S/C11H19N3O/c1-9(2)8-14-11(12)13-6-5-10-4-3-7-15-10/h3-4,7,9H,5-6,8H2,1-2H3,(H3,12,13,14). The molecule has 0 atom stereocenters. The van der Waals surface area contributed by atoms with Gasteiger partial charge >= 0.3 is 0 Å². The molecule has 1 aromatic rings. The monoisotopic (exact) mass is 209 g/mol. The number of nitrogens with zero attached hydrogens (tertiary/aromatic N) is 1. The fourth-order valence-electron chi connectivity index (χ4n) is 1.11. The van der Waals surface area contributed by atoms with Gasteiger partial charge in [0.15, 0.2) is 5.96 Å². The van der Waals surface area contributed by atoms with Gasteiger partial charge in [0.25, 0.3) is 0 Å². The van der Waals surface area contributed by atoms with Crippen molar-refractivity contribution in [3.63, 3.8) is 0 Å². The van der Waals surface area contributed by atoms with E-state index in [9.17, 15) is 0 Å². The van der Waals surface area contributed by atoms with Crippen molar-refractivity contribution in [2.45, 2.75) is 20.3 Å². The van der Waals surface area contributed by atoms with E-state index in [2.05, 4.69) is 24.2 Å². The van der Waals surface area contributed by atoms with E-state index in [0.29, 0.717) is 11.9 Å². The summed E-state index contributed by atoms with van der Waals surface area (Å²) in [6.07, 6.45) is 2.50. The minimum atomic E-state index is 0.509. The van der Waals surface area contributed by atoms with Crippen molar-refractivity contribution in [2.75, 3.05) is 13.1 Å². The summed E-state index contributed by atoms with van der Waals surface area (Å²) < 4.78 is 5.19. The Hall–Kier alpha value is -1.45. The molecule has 1 aromatic heterocycles. The van der Waals surface area contributed by atoms with Crippen molar-refractivity contribution in [3.05, 3.63) is 24.2 Å². The summed E-state index contributed by atoms with van der Waals surface area (Å²) in [4.78, 5) is 4.20. The largest absolute Gasteiger partial charge is 0.469 e. The number of furan rings is 1. The Bertz CT molecular complexity index is 291. The third-order valence-electron chi connectivity index (χ3n) is 1.88. The Morgan fingerprint density at radius 2 is 2.40 bits per heavy atom. The molecule has 0 aliphatic rings. The fourth-order valence-corrected chi connectivity index (χ4v) is 1.11. The first-order valence-corrected chi connectivity index (χ1v) is 5.24. The van der Waals surface area contributed by atoms with E-state index in [1.165, 1.54) is 0 Å². The summed E-state index contributed by atoms with van der Waals surface area (Å²) >= 11 is 0. The second-order valence-electron chi connectivity index (χ2n) is 3.88. The van der Waals surface area contributed by atoms with Crippen LogP contribution in [0.2, 0.25) is 0 Å². The van der Waals surface area contributed by atoms with E-state index in [-0.39, 0.29) is 0 Å². The molecule has 0 aliphatic heterocycles. The van der Waals surface area contributed by atoms with Crippen molar-refractivity contribution in [3.8, 4) is 0 Å². The molecule has 84 valence electrons. The van der Waals surface area contributed by atoms with E-state index in [1.807, 2.05) is 12.1 Å². The van der Waals surface area contributed by atoms with Crippen molar-refractivity contribution in [2.24, 2.45) is 16.6 Å². The highest BCUT2D eigenvalue weighted by Gasteiger charge is 1.96. The molecule has 1 rings (SSSR count). The molecule has 0 saturated heterocycles. The number of aliphatic imine (C=N–C) groups is 1. The highest BCUT2D eigenvalue weighted by molar-refractivity contribution is 5.77. The topological polar surface area (TPSA) is 63.5 Å². The second-order valence-corrected chi connectivity index (χ2v) is 3.88. The van der Waals surface area contributed by atoms with Crippen LogP contribution in [0.4, 0.5) is 0 Å². The molecule has 3 N–H and O–H groups in total. The van der Waals surface area contributed by atoms with Crippen LogP contribution in [-0.2, 0) is 6.42 Å². The first-order chi connectivity index (χ1) is 7.18. The molecule has 15 heavy (non-hydrogen) atoms. The van der Waals surface area contributed by atoms with Crippen molar-refractivity contribution >= 4 is 5.96 Å². The molecule has 0 aliphatic carbocycles. The molecular formula is C11H19N3O. The van der Waals surface area contributed by atoms with Crippen LogP contribution < -0.4 is 11.1 Å². The van der Waals surface area contributed by atoms with Gasteiger partial charge in [-0.2, -0.15) is 0 Å². The lowest BCUT2D eigenvalue weighted by Crippen LogP contribution is -2.33. The maximum Gasteiger partial charge on any atom is 0.188 e. The van der Waals surface area contributed by atoms with Gasteiger partial charge in [-0.05, 0) is 18.1 Å². The van der Waals surface area contributed by atoms with Gasteiger partial charge < -0.3 is 15.5 Å². The molecule has 4 nitrogen and oxygen atoms in total. The Morgan fingerprint density at radius 3 is 3.00 bits per heavy atom. The minimum absolute atomic E-state index is 0.509. The zero-order valence-electron chi connectivity index (χ0n) is 9.36. The predicted molar refractivity (Wildman–Crippen MR) is 61.7 cm³/mol. The summed E-state index contributed by atoms with van der Waals surface area (Å²) in [7, 11) is 0. The van der Waals surface area contributed by atoms with Crippen molar-refractivity contribution < 1.29 is 4.42 Å².